The molecule has 0 radical (unpaired) electrons. The van der Waals surface area contributed by atoms with Crippen molar-refractivity contribution in [1.29, 1.82) is 0 Å². The lowest BCUT2D eigenvalue weighted by Crippen LogP contribution is -2.19. The largest absolute Gasteiger partial charge is 0.444 e. The van der Waals surface area contributed by atoms with Gasteiger partial charge >= 0.3 is 6.03 Å². The van der Waals surface area contributed by atoms with E-state index in [1.165, 1.54) is 12.5 Å². The number of nitrogens with one attached hydrogen (secondary N) is 2. The predicted octanol–water partition coefficient (Wildman–Crippen LogP) is 6.47. The maximum atomic E-state index is 12.3. The molecule has 0 bridgehead atoms. The minimum absolute atomic E-state index is 0.0584. The van der Waals surface area contributed by atoms with Crippen LogP contribution in [-0.2, 0) is 0 Å². The van der Waals surface area contributed by atoms with Gasteiger partial charge in [0.2, 0.25) is 5.89 Å². The smallest absolute Gasteiger partial charge is 0.323 e. The van der Waals surface area contributed by atoms with Gasteiger partial charge in [0.05, 0.1) is 0 Å². The van der Waals surface area contributed by atoms with Crippen LogP contribution in [0.4, 0.5) is 16.2 Å². The van der Waals surface area contributed by atoms with Crippen molar-refractivity contribution in [3.05, 3.63) is 89.7 Å². The molecule has 2 N–H and O–H groups in total. The van der Waals surface area contributed by atoms with Gasteiger partial charge in [-0.1, -0.05) is 35.9 Å². The average molecular weight is 425 g/mol. The molecule has 32 heavy (non-hydrogen) atoms. The summed E-state index contributed by atoms with van der Waals surface area (Å²) in [7, 11) is 0. The Morgan fingerprint density at radius 1 is 0.875 bits per heavy atom. The Hall–Kier alpha value is -4.19. The molecule has 4 aromatic rings. The number of anilines is 2. The van der Waals surface area contributed by atoms with E-state index in [-0.39, 0.29) is 5.78 Å². The number of nitrogens with zero attached hydrogens (tertiary/aromatic N) is 1. The van der Waals surface area contributed by atoms with Crippen LogP contribution in [0.3, 0.4) is 0 Å². The highest BCUT2D eigenvalue weighted by molar-refractivity contribution is 6.01. The molecule has 0 aliphatic rings. The lowest BCUT2D eigenvalue weighted by atomic mass is 10.0. The van der Waals surface area contributed by atoms with Gasteiger partial charge in [0.15, 0.2) is 5.78 Å². The van der Waals surface area contributed by atoms with Gasteiger partial charge in [-0.15, -0.1) is 0 Å². The van der Waals surface area contributed by atoms with Crippen LogP contribution in [0.15, 0.2) is 77.4 Å². The second kappa shape index (κ2) is 8.89. The molecule has 4 rings (SSSR count). The highest BCUT2D eigenvalue weighted by atomic mass is 16.3. The highest BCUT2D eigenvalue weighted by Crippen LogP contribution is 2.28. The van der Waals surface area contributed by atoms with Crippen molar-refractivity contribution < 1.29 is 14.0 Å². The van der Waals surface area contributed by atoms with E-state index in [0.29, 0.717) is 22.8 Å². The van der Waals surface area contributed by atoms with E-state index < -0.39 is 6.03 Å². The summed E-state index contributed by atoms with van der Waals surface area (Å²) in [6, 6.07) is 19.9. The molecule has 0 atom stereocenters. The van der Waals surface area contributed by atoms with Gasteiger partial charge in [-0.05, 0) is 62.7 Å². The van der Waals surface area contributed by atoms with Gasteiger partial charge in [-0.2, -0.15) is 0 Å². The first-order valence-corrected chi connectivity index (χ1v) is 10.2. The molecular weight excluding hydrogens is 402 g/mol. The Bertz CT molecular complexity index is 1290. The molecule has 6 heteroatoms. The first-order chi connectivity index (χ1) is 15.4. The van der Waals surface area contributed by atoms with Crippen LogP contribution in [0.25, 0.3) is 22.7 Å². The summed E-state index contributed by atoms with van der Waals surface area (Å²) in [6.45, 7) is 5.60. The van der Waals surface area contributed by atoms with Crippen molar-refractivity contribution in [2.75, 3.05) is 10.6 Å². The zero-order chi connectivity index (χ0) is 22.7. The number of benzene rings is 3. The summed E-state index contributed by atoms with van der Waals surface area (Å²) in [5.41, 5.74) is 6.68. The molecule has 0 saturated heterocycles. The number of oxazole rings is 1. The maximum Gasteiger partial charge on any atom is 0.323 e. The predicted molar refractivity (Wildman–Crippen MR) is 126 cm³/mol. The van der Waals surface area contributed by atoms with E-state index >= 15 is 0 Å². The molecule has 0 aliphatic carbocycles. The Balaban J connectivity index is 1.43. The van der Waals surface area contributed by atoms with E-state index in [4.69, 9.17) is 4.42 Å². The molecule has 1 aromatic heterocycles. The first kappa shape index (κ1) is 21.1. The Labute approximate surface area is 186 Å². The normalized spacial score (nSPS) is 10.6. The molecule has 6 nitrogen and oxygen atoms in total. The second-order valence-electron chi connectivity index (χ2n) is 7.65. The molecule has 0 unspecified atom stereocenters. The Morgan fingerprint density at radius 3 is 2.34 bits per heavy atom. The quantitative estimate of drug-likeness (QED) is 0.359. The summed E-state index contributed by atoms with van der Waals surface area (Å²) in [5, 5.41) is 5.51. The van der Waals surface area contributed by atoms with Gasteiger partial charge in [-0.3, -0.25) is 4.79 Å². The van der Waals surface area contributed by atoms with Crippen molar-refractivity contribution in [1.82, 2.24) is 4.98 Å². The number of urea groups is 1. The monoisotopic (exact) mass is 425 g/mol. The van der Waals surface area contributed by atoms with Gasteiger partial charge < -0.3 is 15.1 Å². The van der Waals surface area contributed by atoms with E-state index in [1.807, 2.05) is 18.2 Å². The maximum absolute atomic E-state index is 12.3. The third-order valence-electron chi connectivity index (χ3n) is 5.08. The molecule has 2 amide bonds. The third-order valence-corrected chi connectivity index (χ3v) is 5.08. The van der Waals surface area contributed by atoms with E-state index in [2.05, 4.69) is 41.6 Å². The van der Waals surface area contributed by atoms with Crippen molar-refractivity contribution in [2.45, 2.75) is 20.8 Å². The van der Waals surface area contributed by atoms with Crippen LogP contribution in [0.2, 0.25) is 0 Å². The van der Waals surface area contributed by atoms with Crippen molar-refractivity contribution in [3.63, 3.8) is 0 Å². The van der Waals surface area contributed by atoms with Crippen molar-refractivity contribution in [3.8, 4) is 22.7 Å². The minimum Gasteiger partial charge on any atom is -0.444 e. The number of ketones is 1. The van der Waals surface area contributed by atoms with Crippen LogP contribution >= 0.6 is 0 Å². The molecular formula is C26H23N3O3. The van der Waals surface area contributed by atoms with Crippen LogP contribution in [-0.4, -0.2) is 16.8 Å². The SMILES string of the molecule is CC(=O)c1cccc(NC(=O)Nc2ccc(-c3nc(-c4ccc(C)cc4C)co3)cc2)c1. The Kier molecular flexibility index (Phi) is 5.85. The number of Topliss-reactive ketones (excluding diaryl/α,β-unsaturated/α-hetero) is 1. The van der Waals surface area contributed by atoms with Crippen LogP contribution < -0.4 is 10.6 Å². The summed E-state index contributed by atoms with van der Waals surface area (Å²) in [5.74, 6) is 0.453. The summed E-state index contributed by atoms with van der Waals surface area (Å²) in [4.78, 5) is 28.4. The number of hydrogen-bond donors (Lipinski definition) is 2. The van der Waals surface area contributed by atoms with Crippen LogP contribution in [0.1, 0.15) is 28.4 Å². The lowest BCUT2D eigenvalue weighted by molar-refractivity contribution is 0.101. The Morgan fingerprint density at radius 2 is 1.62 bits per heavy atom. The molecule has 0 fully saturated rings. The fourth-order valence-corrected chi connectivity index (χ4v) is 3.44. The minimum atomic E-state index is -0.397. The van der Waals surface area contributed by atoms with Crippen LogP contribution in [0, 0.1) is 13.8 Å². The first-order valence-electron chi connectivity index (χ1n) is 10.2. The van der Waals surface area contributed by atoms with Gasteiger partial charge in [0, 0.05) is 28.1 Å². The third kappa shape index (κ3) is 4.75. The number of amides is 2. The molecule has 0 aliphatic heterocycles. The molecule has 160 valence electrons. The number of carbonyl (C=O) groups excluding carboxylic acids is 2. The van der Waals surface area contributed by atoms with E-state index in [0.717, 1.165) is 22.4 Å². The molecule has 3 aromatic carbocycles. The molecule has 0 saturated carbocycles. The average Bonchev–Trinajstić information content (AvgIpc) is 3.24. The summed E-state index contributed by atoms with van der Waals surface area (Å²) in [6.07, 6.45) is 1.65. The number of aromatic nitrogens is 1. The van der Waals surface area contributed by atoms with Gasteiger partial charge in [0.1, 0.15) is 12.0 Å². The number of aryl methyl sites for hydroxylation is 2. The standard InChI is InChI=1S/C26H23N3O3/c1-16-7-12-23(17(2)13-16)24-15-32-25(29-24)19-8-10-21(11-9-19)27-26(31)28-22-6-4-5-20(14-22)18(3)30/h4-15H,1-3H3,(H2,27,28,31). The topological polar surface area (TPSA) is 84.2 Å². The zero-order valence-corrected chi connectivity index (χ0v) is 18.1. The van der Waals surface area contributed by atoms with Gasteiger partial charge in [-0.25, -0.2) is 9.78 Å². The number of hydrogen-bond acceptors (Lipinski definition) is 4. The second-order valence-corrected chi connectivity index (χ2v) is 7.65. The highest BCUT2D eigenvalue weighted by Gasteiger charge is 2.11. The van der Waals surface area contributed by atoms with Crippen molar-refractivity contribution in [2.24, 2.45) is 0 Å². The summed E-state index contributed by atoms with van der Waals surface area (Å²) >= 11 is 0. The van der Waals surface area contributed by atoms with E-state index in [1.54, 1.807) is 42.7 Å². The fourth-order valence-electron chi connectivity index (χ4n) is 3.44. The molecule has 0 spiro atoms. The summed E-state index contributed by atoms with van der Waals surface area (Å²) < 4.78 is 5.68. The van der Waals surface area contributed by atoms with Crippen LogP contribution in [0.5, 0.6) is 0 Å². The van der Waals surface area contributed by atoms with Crippen molar-refractivity contribution >= 4 is 23.2 Å². The van der Waals surface area contributed by atoms with Gasteiger partial charge in [0.25, 0.3) is 0 Å². The fraction of sp³-hybridized carbons (Fsp3) is 0.115. The number of carbonyl (C=O) groups is 2. The lowest BCUT2D eigenvalue weighted by Gasteiger charge is -2.08. The van der Waals surface area contributed by atoms with E-state index in [9.17, 15) is 9.59 Å². The zero-order valence-electron chi connectivity index (χ0n) is 18.1. The molecule has 1 heterocycles. The number of rotatable bonds is 5.